The molecule has 0 atom stereocenters. The van der Waals surface area contributed by atoms with Crippen LogP contribution in [0.5, 0.6) is 5.75 Å². The van der Waals surface area contributed by atoms with E-state index in [1.807, 2.05) is 42.5 Å². The Morgan fingerprint density at radius 2 is 1.65 bits per heavy atom. The van der Waals surface area contributed by atoms with Crippen LogP contribution < -0.4 is 0 Å². The second-order valence-corrected chi connectivity index (χ2v) is 5.81. The molecule has 0 aliphatic carbocycles. The molecule has 1 N–H and O–H groups in total. The summed E-state index contributed by atoms with van der Waals surface area (Å²) < 4.78 is 0. The Labute approximate surface area is 120 Å². The average Bonchev–Trinajstić information content (AvgIpc) is 2.40. The minimum Gasteiger partial charge on any atom is -0.505 e. The topological polar surface area (TPSA) is 45.0 Å². The molecule has 2 aromatic carbocycles. The van der Waals surface area contributed by atoms with E-state index in [-0.39, 0.29) is 11.2 Å². The third-order valence-electron chi connectivity index (χ3n) is 3.10. The predicted octanol–water partition coefficient (Wildman–Crippen LogP) is 4.97. The number of phenols is 1. The highest BCUT2D eigenvalue weighted by atomic mass is 16.3. The maximum absolute atomic E-state index is 10.3. The number of para-hydroxylation sites is 1. The van der Waals surface area contributed by atoms with Gasteiger partial charge in [0, 0.05) is 5.56 Å². The average molecular weight is 268 g/mol. The summed E-state index contributed by atoms with van der Waals surface area (Å²) in [7, 11) is 0. The molecule has 0 saturated carbocycles. The first-order valence-corrected chi connectivity index (χ1v) is 6.72. The zero-order valence-corrected chi connectivity index (χ0v) is 12.2. The van der Waals surface area contributed by atoms with Crippen molar-refractivity contribution in [3.63, 3.8) is 0 Å². The zero-order valence-electron chi connectivity index (χ0n) is 12.2. The largest absolute Gasteiger partial charge is 0.505 e. The maximum atomic E-state index is 10.3. The molecule has 2 rings (SSSR count). The number of phenolic OH excluding ortho intramolecular Hbond substituents is 1. The van der Waals surface area contributed by atoms with Crippen LogP contribution in [0.15, 0.2) is 58.8 Å². The molecule has 0 bridgehead atoms. The van der Waals surface area contributed by atoms with Crippen molar-refractivity contribution in [2.24, 2.45) is 10.2 Å². The zero-order chi connectivity index (χ0) is 14.6. The summed E-state index contributed by atoms with van der Waals surface area (Å²) >= 11 is 0. The SMILES string of the molecule is CC(C)(C)c1cccc(N=NCc2ccccc2)c1O. The highest BCUT2D eigenvalue weighted by Gasteiger charge is 2.19. The highest BCUT2D eigenvalue weighted by Crippen LogP contribution is 2.37. The molecule has 0 saturated heterocycles. The first kappa shape index (κ1) is 14.3. The van der Waals surface area contributed by atoms with Gasteiger partial charge in [0.2, 0.25) is 0 Å². The van der Waals surface area contributed by atoms with Gasteiger partial charge >= 0.3 is 0 Å². The van der Waals surface area contributed by atoms with Crippen molar-refractivity contribution in [3.8, 4) is 5.75 Å². The van der Waals surface area contributed by atoms with E-state index < -0.39 is 0 Å². The molecule has 20 heavy (non-hydrogen) atoms. The maximum Gasteiger partial charge on any atom is 0.146 e. The van der Waals surface area contributed by atoms with Gasteiger partial charge < -0.3 is 5.11 Å². The van der Waals surface area contributed by atoms with Gasteiger partial charge in [0.15, 0.2) is 0 Å². The standard InChI is InChI=1S/C17H20N2O/c1-17(2,3)14-10-7-11-15(16(14)20)19-18-12-13-8-5-4-6-9-13/h4-11,20H,12H2,1-3H3. The molecule has 0 amide bonds. The van der Waals surface area contributed by atoms with Crippen molar-refractivity contribution in [3.05, 3.63) is 59.7 Å². The Balaban J connectivity index is 2.18. The lowest BCUT2D eigenvalue weighted by molar-refractivity contribution is 0.447. The fourth-order valence-corrected chi connectivity index (χ4v) is 1.99. The van der Waals surface area contributed by atoms with E-state index in [2.05, 4.69) is 31.0 Å². The number of rotatable bonds is 3. The third kappa shape index (κ3) is 3.44. The molecular weight excluding hydrogens is 248 g/mol. The minimum absolute atomic E-state index is 0.116. The Morgan fingerprint density at radius 1 is 0.950 bits per heavy atom. The molecule has 3 nitrogen and oxygen atoms in total. The summed E-state index contributed by atoms with van der Waals surface area (Å²) in [5.41, 5.74) is 2.39. The van der Waals surface area contributed by atoms with E-state index in [0.717, 1.165) is 11.1 Å². The number of benzene rings is 2. The quantitative estimate of drug-likeness (QED) is 0.784. The van der Waals surface area contributed by atoms with E-state index in [1.165, 1.54) is 0 Å². The van der Waals surface area contributed by atoms with E-state index in [1.54, 1.807) is 6.07 Å². The van der Waals surface area contributed by atoms with Gasteiger partial charge in [-0.25, -0.2) is 0 Å². The van der Waals surface area contributed by atoms with Gasteiger partial charge in [-0.1, -0.05) is 63.2 Å². The van der Waals surface area contributed by atoms with Gasteiger partial charge in [0.05, 0.1) is 6.54 Å². The molecule has 0 radical (unpaired) electrons. The first-order chi connectivity index (χ1) is 9.48. The van der Waals surface area contributed by atoms with Crippen LogP contribution in [0, 0.1) is 0 Å². The van der Waals surface area contributed by atoms with Crippen LogP contribution >= 0.6 is 0 Å². The van der Waals surface area contributed by atoms with Crippen LogP contribution in [0.4, 0.5) is 5.69 Å². The summed E-state index contributed by atoms with van der Waals surface area (Å²) in [6, 6.07) is 15.5. The molecule has 0 aliphatic heterocycles. The van der Waals surface area contributed by atoms with Crippen LogP contribution in [-0.2, 0) is 12.0 Å². The summed E-state index contributed by atoms with van der Waals surface area (Å²) in [5, 5.41) is 18.6. The van der Waals surface area contributed by atoms with Crippen LogP contribution in [-0.4, -0.2) is 5.11 Å². The lowest BCUT2D eigenvalue weighted by atomic mass is 9.86. The Kier molecular flexibility index (Phi) is 4.18. The second-order valence-electron chi connectivity index (χ2n) is 5.81. The van der Waals surface area contributed by atoms with E-state index in [0.29, 0.717) is 12.2 Å². The summed E-state index contributed by atoms with van der Waals surface area (Å²) in [4.78, 5) is 0. The monoisotopic (exact) mass is 268 g/mol. The van der Waals surface area contributed by atoms with Crippen molar-refractivity contribution in [1.82, 2.24) is 0 Å². The minimum atomic E-state index is -0.116. The van der Waals surface area contributed by atoms with E-state index in [4.69, 9.17) is 0 Å². The van der Waals surface area contributed by atoms with E-state index in [9.17, 15) is 5.11 Å². The van der Waals surface area contributed by atoms with Gasteiger partial charge in [0.1, 0.15) is 11.4 Å². The molecule has 0 fully saturated rings. The number of hydrogen-bond acceptors (Lipinski definition) is 3. The Morgan fingerprint density at radius 3 is 2.30 bits per heavy atom. The summed E-state index contributed by atoms with van der Waals surface area (Å²) in [6.07, 6.45) is 0. The van der Waals surface area contributed by atoms with Crippen molar-refractivity contribution in [2.45, 2.75) is 32.7 Å². The van der Waals surface area contributed by atoms with Crippen LogP contribution in [0.25, 0.3) is 0 Å². The second kappa shape index (κ2) is 5.87. The molecule has 104 valence electrons. The van der Waals surface area contributed by atoms with Crippen molar-refractivity contribution in [1.29, 1.82) is 0 Å². The van der Waals surface area contributed by atoms with Crippen LogP contribution in [0.3, 0.4) is 0 Å². The lowest BCUT2D eigenvalue weighted by Crippen LogP contribution is -2.10. The van der Waals surface area contributed by atoms with Crippen LogP contribution in [0.1, 0.15) is 31.9 Å². The predicted molar refractivity (Wildman–Crippen MR) is 81.5 cm³/mol. The first-order valence-electron chi connectivity index (χ1n) is 6.72. The van der Waals surface area contributed by atoms with Gasteiger partial charge in [-0.15, -0.1) is 0 Å². The summed E-state index contributed by atoms with van der Waals surface area (Å²) in [5.74, 6) is 0.219. The van der Waals surface area contributed by atoms with Crippen LogP contribution in [0.2, 0.25) is 0 Å². The molecule has 0 heterocycles. The van der Waals surface area contributed by atoms with Gasteiger partial charge in [-0.3, -0.25) is 0 Å². The Bertz CT molecular complexity index is 598. The lowest BCUT2D eigenvalue weighted by Gasteiger charge is -2.20. The molecule has 2 aromatic rings. The van der Waals surface area contributed by atoms with Gasteiger partial charge in [-0.2, -0.15) is 10.2 Å². The molecule has 3 heteroatoms. The fourth-order valence-electron chi connectivity index (χ4n) is 1.99. The van der Waals surface area contributed by atoms with Gasteiger partial charge in [0.25, 0.3) is 0 Å². The number of nitrogens with zero attached hydrogens (tertiary/aromatic N) is 2. The smallest absolute Gasteiger partial charge is 0.146 e. The molecule has 0 aliphatic rings. The number of azo groups is 1. The fraction of sp³-hybridized carbons (Fsp3) is 0.294. The number of hydrogen-bond donors (Lipinski definition) is 1. The van der Waals surface area contributed by atoms with Crippen molar-refractivity contribution < 1.29 is 5.11 Å². The molecule has 0 aromatic heterocycles. The van der Waals surface area contributed by atoms with E-state index >= 15 is 0 Å². The van der Waals surface area contributed by atoms with Gasteiger partial charge in [-0.05, 0) is 17.0 Å². The Hall–Kier alpha value is -2.16. The molecular formula is C17H20N2O. The van der Waals surface area contributed by atoms with Crippen molar-refractivity contribution >= 4 is 5.69 Å². The normalized spacial score (nSPS) is 11.9. The molecule has 0 spiro atoms. The highest BCUT2D eigenvalue weighted by molar-refractivity contribution is 5.56. The summed E-state index contributed by atoms with van der Waals surface area (Å²) in [6.45, 7) is 6.70. The third-order valence-corrected chi connectivity index (χ3v) is 3.10. The van der Waals surface area contributed by atoms with Crippen molar-refractivity contribution in [2.75, 3.05) is 0 Å². The number of aromatic hydroxyl groups is 1. The molecule has 0 unspecified atom stereocenters.